The van der Waals surface area contributed by atoms with Gasteiger partial charge < -0.3 is 0 Å². The van der Waals surface area contributed by atoms with E-state index in [1.54, 1.807) is 0 Å². The molecule has 2 heteroatoms. The summed E-state index contributed by atoms with van der Waals surface area (Å²) in [5, 5.41) is 0.233. The van der Waals surface area contributed by atoms with Crippen molar-refractivity contribution in [1.82, 2.24) is 0 Å². The minimum Gasteiger partial charge on any atom is -0.163 e. The molecule has 0 saturated heterocycles. The average Bonchev–Trinajstić information content (AvgIpc) is 1.59. The van der Waals surface area contributed by atoms with Crippen LogP contribution >= 0.6 is 12.6 Å². The molecular weight excluding hydrogens is 144 g/mol. The van der Waals surface area contributed by atoms with E-state index in [-0.39, 0.29) is 5.25 Å². The van der Waals surface area contributed by atoms with Crippen LogP contribution in [0.3, 0.4) is 0 Å². The summed E-state index contributed by atoms with van der Waals surface area (Å²) in [6.45, 7) is 8.69. The van der Waals surface area contributed by atoms with E-state index in [9.17, 15) is 0 Å². The Morgan fingerprint density at radius 2 is 1.78 bits per heavy atom. The molecule has 0 spiro atoms. The molecule has 9 heavy (non-hydrogen) atoms. The maximum atomic E-state index is 4.16. The van der Waals surface area contributed by atoms with Gasteiger partial charge in [0, 0.05) is 0 Å². The molecule has 0 aromatic carbocycles. The van der Waals surface area contributed by atoms with Crippen LogP contribution in [0.4, 0.5) is 0 Å². The Balaban J connectivity index is 3.88. The number of thiol groups is 1. The predicted octanol–water partition coefficient (Wildman–Crippen LogP) is 2.19. The van der Waals surface area contributed by atoms with Crippen molar-refractivity contribution in [2.24, 2.45) is 0 Å². The van der Waals surface area contributed by atoms with Gasteiger partial charge in [-0.2, -0.15) is 12.6 Å². The molecule has 0 aliphatic heterocycles. The molecule has 0 radical (unpaired) electrons. The first-order valence-corrected chi connectivity index (χ1v) is 7.14. The third-order valence-corrected chi connectivity index (χ3v) is 1.68. The number of hydrogen-bond acceptors (Lipinski definition) is 1. The van der Waals surface area contributed by atoms with E-state index < -0.39 is 8.07 Å². The summed E-state index contributed by atoms with van der Waals surface area (Å²) in [6.07, 6.45) is 0. The standard InChI is InChI=1S/C7H14SSi/c1-7(8)5-6-9(2,3)4/h7-8H,1-4H3. The summed E-state index contributed by atoms with van der Waals surface area (Å²) >= 11 is 4.16. The zero-order valence-electron chi connectivity index (χ0n) is 6.52. The van der Waals surface area contributed by atoms with Gasteiger partial charge in [-0.25, -0.2) is 0 Å². The Hall–Kier alpha value is 0.127. The molecule has 0 bridgehead atoms. The quantitative estimate of drug-likeness (QED) is 0.312. The van der Waals surface area contributed by atoms with Crippen molar-refractivity contribution in [1.29, 1.82) is 0 Å². The van der Waals surface area contributed by atoms with Gasteiger partial charge in [0.15, 0.2) is 0 Å². The third-order valence-electron chi connectivity index (χ3n) is 0.656. The fraction of sp³-hybridized carbons (Fsp3) is 0.714. The van der Waals surface area contributed by atoms with E-state index in [4.69, 9.17) is 0 Å². The summed E-state index contributed by atoms with van der Waals surface area (Å²) in [7, 11) is -1.13. The summed E-state index contributed by atoms with van der Waals surface area (Å²) in [6, 6.07) is 0. The van der Waals surface area contributed by atoms with Gasteiger partial charge in [-0.3, -0.25) is 0 Å². The maximum Gasteiger partial charge on any atom is 0.129 e. The number of rotatable bonds is 0. The average molecular weight is 158 g/mol. The van der Waals surface area contributed by atoms with Gasteiger partial charge in [0.05, 0.1) is 5.25 Å². The minimum absolute atomic E-state index is 0.233. The molecule has 0 aliphatic rings. The monoisotopic (exact) mass is 158 g/mol. The number of hydrogen-bond donors (Lipinski definition) is 1. The van der Waals surface area contributed by atoms with Crippen LogP contribution in [0.5, 0.6) is 0 Å². The lowest BCUT2D eigenvalue weighted by Crippen LogP contribution is -2.16. The first-order chi connectivity index (χ1) is 3.92. The van der Waals surface area contributed by atoms with Gasteiger partial charge in [-0.05, 0) is 6.92 Å². The molecule has 0 nitrogen and oxygen atoms in total. The van der Waals surface area contributed by atoms with Crippen LogP contribution in [0.2, 0.25) is 19.6 Å². The van der Waals surface area contributed by atoms with E-state index in [0.717, 1.165) is 0 Å². The second kappa shape index (κ2) is 3.33. The van der Waals surface area contributed by atoms with Crippen molar-refractivity contribution in [2.75, 3.05) is 0 Å². The van der Waals surface area contributed by atoms with Crippen molar-refractivity contribution >= 4 is 20.7 Å². The van der Waals surface area contributed by atoms with E-state index >= 15 is 0 Å². The van der Waals surface area contributed by atoms with E-state index in [1.807, 2.05) is 6.92 Å². The van der Waals surface area contributed by atoms with Crippen LogP contribution in [0.1, 0.15) is 6.92 Å². The molecule has 0 fully saturated rings. The normalized spacial score (nSPS) is 13.9. The highest BCUT2D eigenvalue weighted by atomic mass is 32.1. The zero-order valence-corrected chi connectivity index (χ0v) is 8.42. The topological polar surface area (TPSA) is 0 Å². The van der Waals surface area contributed by atoms with Gasteiger partial charge in [0.25, 0.3) is 0 Å². The fourth-order valence-electron chi connectivity index (χ4n) is 0.321. The van der Waals surface area contributed by atoms with Crippen molar-refractivity contribution in [3.05, 3.63) is 0 Å². The predicted molar refractivity (Wildman–Crippen MR) is 49.6 cm³/mol. The third kappa shape index (κ3) is 8.13. The Bertz CT molecular complexity index is 133. The Morgan fingerprint density at radius 1 is 1.33 bits per heavy atom. The van der Waals surface area contributed by atoms with Crippen molar-refractivity contribution in [2.45, 2.75) is 31.8 Å². The maximum absolute atomic E-state index is 4.16. The van der Waals surface area contributed by atoms with Gasteiger partial charge in [-0.15, -0.1) is 5.54 Å². The highest BCUT2D eigenvalue weighted by molar-refractivity contribution is 7.81. The largest absolute Gasteiger partial charge is 0.163 e. The Labute approximate surface area is 64.5 Å². The van der Waals surface area contributed by atoms with Crippen molar-refractivity contribution in [3.8, 4) is 11.5 Å². The van der Waals surface area contributed by atoms with Gasteiger partial charge in [0.2, 0.25) is 0 Å². The molecule has 0 N–H and O–H groups in total. The van der Waals surface area contributed by atoms with Crippen LogP contribution in [0.25, 0.3) is 0 Å². The first-order valence-electron chi connectivity index (χ1n) is 3.12. The molecule has 0 heterocycles. The smallest absolute Gasteiger partial charge is 0.129 e. The molecular formula is C7H14SSi. The summed E-state index contributed by atoms with van der Waals surface area (Å²) in [5.74, 6) is 3.06. The van der Waals surface area contributed by atoms with Crippen LogP contribution < -0.4 is 0 Å². The lowest BCUT2D eigenvalue weighted by Gasteiger charge is -2.03. The second-order valence-corrected chi connectivity index (χ2v) is 8.72. The van der Waals surface area contributed by atoms with Crippen LogP contribution in [-0.4, -0.2) is 13.3 Å². The summed E-state index contributed by atoms with van der Waals surface area (Å²) < 4.78 is 0. The molecule has 1 atom stereocenters. The highest BCUT2D eigenvalue weighted by Crippen LogP contribution is 1.97. The molecule has 1 unspecified atom stereocenters. The van der Waals surface area contributed by atoms with Gasteiger partial charge in [0.1, 0.15) is 8.07 Å². The molecule has 0 amide bonds. The van der Waals surface area contributed by atoms with Crippen LogP contribution in [0, 0.1) is 11.5 Å². The molecule has 0 rings (SSSR count). The van der Waals surface area contributed by atoms with Crippen LogP contribution in [0.15, 0.2) is 0 Å². The van der Waals surface area contributed by atoms with Crippen molar-refractivity contribution < 1.29 is 0 Å². The molecule has 0 aliphatic carbocycles. The summed E-state index contributed by atoms with van der Waals surface area (Å²) in [4.78, 5) is 0. The lowest BCUT2D eigenvalue weighted by atomic mass is 10.5. The Kier molecular flexibility index (Phi) is 3.38. The summed E-state index contributed by atoms with van der Waals surface area (Å²) in [5.41, 5.74) is 3.23. The lowest BCUT2D eigenvalue weighted by molar-refractivity contribution is 1.32. The highest BCUT2D eigenvalue weighted by Gasteiger charge is 2.07. The van der Waals surface area contributed by atoms with E-state index in [2.05, 4.69) is 43.7 Å². The zero-order chi connectivity index (χ0) is 7.49. The van der Waals surface area contributed by atoms with Gasteiger partial charge in [-0.1, -0.05) is 25.6 Å². The molecule has 52 valence electrons. The fourth-order valence-corrected chi connectivity index (χ4v) is 1.16. The van der Waals surface area contributed by atoms with E-state index in [1.165, 1.54) is 0 Å². The molecule has 0 saturated carbocycles. The first kappa shape index (κ1) is 9.13. The van der Waals surface area contributed by atoms with E-state index in [0.29, 0.717) is 0 Å². The van der Waals surface area contributed by atoms with Crippen molar-refractivity contribution in [3.63, 3.8) is 0 Å². The SMILES string of the molecule is CC(S)C#C[Si](C)(C)C. The second-order valence-electron chi connectivity index (χ2n) is 3.20. The Morgan fingerprint density at radius 3 is 1.89 bits per heavy atom. The minimum atomic E-state index is -1.13. The molecule has 0 aromatic rings. The van der Waals surface area contributed by atoms with Crippen LogP contribution in [-0.2, 0) is 0 Å². The molecule has 0 aromatic heterocycles. The van der Waals surface area contributed by atoms with Gasteiger partial charge >= 0.3 is 0 Å².